The van der Waals surface area contributed by atoms with Crippen molar-refractivity contribution in [3.8, 4) is 0 Å². The van der Waals surface area contributed by atoms with Gasteiger partial charge in [0.25, 0.3) is 6.43 Å². The molecule has 0 aliphatic carbocycles. The van der Waals surface area contributed by atoms with Crippen LogP contribution in [0.3, 0.4) is 0 Å². The lowest BCUT2D eigenvalue weighted by Crippen LogP contribution is -2.58. The van der Waals surface area contributed by atoms with Crippen molar-refractivity contribution in [3.63, 3.8) is 0 Å². The zero-order valence-corrected chi connectivity index (χ0v) is 14.3. The van der Waals surface area contributed by atoms with E-state index in [0.717, 1.165) is 12.8 Å². The fourth-order valence-corrected chi connectivity index (χ4v) is 3.07. The molecule has 0 radical (unpaired) electrons. The van der Waals surface area contributed by atoms with Crippen molar-refractivity contribution < 1.29 is 23.0 Å². The number of hydrogen-bond acceptors (Lipinski definition) is 4. The summed E-state index contributed by atoms with van der Waals surface area (Å²) in [5.41, 5.74) is -0.614. The molecule has 2 fully saturated rings. The van der Waals surface area contributed by atoms with Crippen LogP contribution in [0.1, 0.15) is 33.6 Å². The molecule has 134 valence electrons. The Kier molecular flexibility index (Phi) is 6.19. The van der Waals surface area contributed by atoms with E-state index in [4.69, 9.17) is 9.47 Å². The molecule has 2 heterocycles. The predicted molar refractivity (Wildman–Crippen MR) is 82.7 cm³/mol. The molecular formula is C16H28F2N2O3. The molecule has 2 saturated heterocycles. The minimum absolute atomic E-state index is 0.0236. The normalized spacial score (nSPS) is 25.0. The van der Waals surface area contributed by atoms with Gasteiger partial charge in [0.05, 0.1) is 6.04 Å². The van der Waals surface area contributed by atoms with Crippen molar-refractivity contribution >= 4 is 6.09 Å². The van der Waals surface area contributed by atoms with Crippen LogP contribution in [0.15, 0.2) is 0 Å². The van der Waals surface area contributed by atoms with Crippen LogP contribution in [0.5, 0.6) is 0 Å². The maximum Gasteiger partial charge on any atom is 0.410 e. The van der Waals surface area contributed by atoms with Crippen molar-refractivity contribution in [3.05, 3.63) is 0 Å². The molecule has 0 spiro atoms. The third-order valence-electron chi connectivity index (χ3n) is 4.31. The van der Waals surface area contributed by atoms with E-state index in [0.29, 0.717) is 38.8 Å². The quantitative estimate of drug-likeness (QED) is 0.796. The zero-order valence-electron chi connectivity index (χ0n) is 14.3. The van der Waals surface area contributed by atoms with Crippen molar-refractivity contribution in [2.45, 2.75) is 51.7 Å². The molecule has 23 heavy (non-hydrogen) atoms. The van der Waals surface area contributed by atoms with E-state index in [1.807, 2.05) is 4.90 Å². The summed E-state index contributed by atoms with van der Waals surface area (Å²) in [6, 6.07) is -0.917. The van der Waals surface area contributed by atoms with E-state index < -0.39 is 24.2 Å². The third kappa shape index (κ3) is 5.57. The van der Waals surface area contributed by atoms with Gasteiger partial charge in [-0.25, -0.2) is 13.6 Å². The molecule has 2 rings (SSSR count). The second-order valence-electron chi connectivity index (χ2n) is 7.38. The average Bonchev–Trinajstić information content (AvgIpc) is 2.46. The summed E-state index contributed by atoms with van der Waals surface area (Å²) in [7, 11) is 0. The summed E-state index contributed by atoms with van der Waals surface area (Å²) in [6.07, 6.45) is -1.14. The van der Waals surface area contributed by atoms with Gasteiger partial charge in [-0.1, -0.05) is 0 Å². The number of ether oxygens (including phenoxy) is 2. The lowest BCUT2D eigenvalue weighted by Gasteiger charge is -2.42. The van der Waals surface area contributed by atoms with Crippen LogP contribution in [-0.4, -0.2) is 73.4 Å². The molecule has 0 N–H and O–H groups in total. The highest BCUT2D eigenvalue weighted by Crippen LogP contribution is 2.23. The molecule has 0 aromatic heterocycles. The zero-order chi connectivity index (χ0) is 17.0. The molecule has 1 atom stereocenters. The van der Waals surface area contributed by atoms with E-state index in [1.165, 1.54) is 4.90 Å². The second kappa shape index (κ2) is 7.75. The fraction of sp³-hybridized carbons (Fsp3) is 0.938. The summed E-state index contributed by atoms with van der Waals surface area (Å²) >= 11 is 0. The molecule has 0 unspecified atom stereocenters. The SMILES string of the molecule is CC(C)(C)OC(=O)N1CCN(CC2CCOCC2)[C@@H](C(F)F)C1. The average molecular weight is 334 g/mol. The lowest BCUT2D eigenvalue weighted by atomic mass is 9.98. The number of carbonyl (C=O) groups excluding carboxylic acids is 1. The Balaban J connectivity index is 1.93. The van der Waals surface area contributed by atoms with Crippen LogP contribution in [0.2, 0.25) is 0 Å². The first-order chi connectivity index (χ1) is 10.8. The molecular weight excluding hydrogens is 306 g/mol. The minimum atomic E-state index is -2.47. The Morgan fingerprint density at radius 1 is 1.26 bits per heavy atom. The van der Waals surface area contributed by atoms with Crippen LogP contribution in [0.25, 0.3) is 0 Å². The summed E-state index contributed by atoms with van der Waals surface area (Å²) < 4.78 is 37.5. The summed E-state index contributed by atoms with van der Waals surface area (Å²) in [5.74, 6) is 0.401. The molecule has 1 amide bonds. The summed E-state index contributed by atoms with van der Waals surface area (Å²) in [5, 5.41) is 0. The van der Waals surface area contributed by atoms with Crippen LogP contribution in [-0.2, 0) is 9.47 Å². The minimum Gasteiger partial charge on any atom is -0.444 e. The summed E-state index contributed by atoms with van der Waals surface area (Å²) in [4.78, 5) is 15.3. The smallest absolute Gasteiger partial charge is 0.410 e. The monoisotopic (exact) mass is 334 g/mol. The molecule has 0 aromatic carbocycles. The molecule has 2 aliphatic rings. The van der Waals surface area contributed by atoms with Gasteiger partial charge < -0.3 is 14.4 Å². The van der Waals surface area contributed by atoms with E-state index in [-0.39, 0.29) is 6.54 Å². The predicted octanol–water partition coefficient (Wildman–Crippen LogP) is 2.60. The van der Waals surface area contributed by atoms with Crippen LogP contribution in [0, 0.1) is 5.92 Å². The highest BCUT2D eigenvalue weighted by Gasteiger charge is 2.37. The van der Waals surface area contributed by atoms with Crippen molar-refractivity contribution in [1.29, 1.82) is 0 Å². The second-order valence-corrected chi connectivity index (χ2v) is 7.38. The molecule has 5 nitrogen and oxygen atoms in total. The van der Waals surface area contributed by atoms with Crippen LogP contribution >= 0.6 is 0 Å². The van der Waals surface area contributed by atoms with Gasteiger partial charge in [-0.3, -0.25) is 4.90 Å². The Hall–Kier alpha value is -0.950. The Bertz CT molecular complexity index is 395. The Labute approximate surface area is 136 Å². The van der Waals surface area contributed by atoms with Gasteiger partial charge in [0.1, 0.15) is 5.60 Å². The highest BCUT2D eigenvalue weighted by atomic mass is 19.3. The first-order valence-electron chi connectivity index (χ1n) is 8.34. The van der Waals surface area contributed by atoms with Gasteiger partial charge in [0, 0.05) is 39.4 Å². The third-order valence-corrected chi connectivity index (χ3v) is 4.31. The molecule has 0 saturated carbocycles. The number of carbonyl (C=O) groups is 1. The summed E-state index contributed by atoms with van der Waals surface area (Å²) in [6.45, 7) is 8.32. The number of amides is 1. The number of piperazine rings is 1. The van der Waals surface area contributed by atoms with Crippen LogP contribution in [0.4, 0.5) is 13.6 Å². The topological polar surface area (TPSA) is 42.0 Å². The standard InChI is InChI=1S/C16H28F2N2O3/c1-16(2,3)23-15(21)20-7-6-19(13(11-20)14(17)18)10-12-4-8-22-9-5-12/h12-14H,4-11H2,1-3H3/t13-/m1/s1. The van der Waals surface area contributed by atoms with Gasteiger partial charge in [-0.05, 0) is 39.5 Å². The first kappa shape index (κ1) is 18.4. The van der Waals surface area contributed by atoms with E-state index >= 15 is 0 Å². The molecule has 0 bridgehead atoms. The van der Waals surface area contributed by atoms with E-state index in [2.05, 4.69) is 0 Å². The number of nitrogens with zero attached hydrogens (tertiary/aromatic N) is 2. The maximum atomic E-state index is 13.5. The maximum absolute atomic E-state index is 13.5. The van der Waals surface area contributed by atoms with Gasteiger partial charge in [-0.15, -0.1) is 0 Å². The Morgan fingerprint density at radius 3 is 2.48 bits per heavy atom. The van der Waals surface area contributed by atoms with Gasteiger partial charge >= 0.3 is 6.09 Å². The Morgan fingerprint density at radius 2 is 1.91 bits per heavy atom. The van der Waals surface area contributed by atoms with E-state index in [9.17, 15) is 13.6 Å². The fourth-order valence-electron chi connectivity index (χ4n) is 3.07. The van der Waals surface area contributed by atoms with Gasteiger partial charge in [-0.2, -0.15) is 0 Å². The number of alkyl halides is 2. The number of hydrogen-bond donors (Lipinski definition) is 0. The van der Waals surface area contributed by atoms with E-state index in [1.54, 1.807) is 20.8 Å². The molecule has 2 aliphatic heterocycles. The molecule has 7 heteroatoms. The van der Waals surface area contributed by atoms with Gasteiger partial charge in [0.2, 0.25) is 0 Å². The van der Waals surface area contributed by atoms with Crippen molar-refractivity contribution in [2.24, 2.45) is 5.92 Å². The van der Waals surface area contributed by atoms with Crippen LogP contribution < -0.4 is 0 Å². The highest BCUT2D eigenvalue weighted by molar-refractivity contribution is 5.68. The molecule has 0 aromatic rings. The first-order valence-corrected chi connectivity index (χ1v) is 8.34. The number of halogens is 2. The lowest BCUT2D eigenvalue weighted by molar-refractivity contribution is -0.0460. The van der Waals surface area contributed by atoms with Crippen molar-refractivity contribution in [2.75, 3.05) is 39.4 Å². The van der Waals surface area contributed by atoms with Crippen molar-refractivity contribution in [1.82, 2.24) is 9.80 Å². The largest absolute Gasteiger partial charge is 0.444 e. The number of rotatable bonds is 3. The van der Waals surface area contributed by atoms with Gasteiger partial charge in [0.15, 0.2) is 0 Å².